The summed E-state index contributed by atoms with van der Waals surface area (Å²) in [6, 6.07) is 0.962. The number of hydrogen-bond donors (Lipinski definition) is 0. The zero-order valence-electron chi connectivity index (χ0n) is 8.51. The first-order chi connectivity index (χ1) is 7.02. The number of nitro groups is 1. The van der Waals surface area contributed by atoms with E-state index in [9.17, 15) is 18.9 Å². The number of nitrogens with zero attached hydrogens (tertiary/aromatic N) is 1. The van der Waals surface area contributed by atoms with Gasteiger partial charge in [0.2, 0.25) is 5.82 Å². The third-order valence-electron chi connectivity index (χ3n) is 2.28. The van der Waals surface area contributed by atoms with E-state index in [0.717, 1.165) is 6.07 Å². The fourth-order valence-electron chi connectivity index (χ4n) is 1.44. The maximum absolute atomic E-state index is 13.5. The van der Waals surface area contributed by atoms with Crippen molar-refractivity contribution in [2.45, 2.75) is 26.7 Å². The van der Waals surface area contributed by atoms with Crippen molar-refractivity contribution in [2.24, 2.45) is 0 Å². The van der Waals surface area contributed by atoms with Crippen molar-refractivity contribution in [1.82, 2.24) is 0 Å². The number of halogens is 2. The van der Waals surface area contributed by atoms with E-state index in [-0.39, 0.29) is 17.5 Å². The smallest absolute Gasteiger partial charge is 0.258 e. The van der Waals surface area contributed by atoms with Gasteiger partial charge in [-0.2, -0.15) is 4.39 Å². The van der Waals surface area contributed by atoms with Gasteiger partial charge in [-0.15, -0.1) is 0 Å². The molecule has 0 N–H and O–H groups in total. The molecule has 0 aromatic heterocycles. The van der Waals surface area contributed by atoms with Crippen LogP contribution in [0.1, 0.15) is 25.0 Å². The second-order valence-corrected chi connectivity index (χ2v) is 3.13. The Morgan fingerprint density at radius 3 is 2.27 bits per heavy atom. The van der Waals surface area contributed by atoms with Crippen molar-refractivity contribution in [3.05, 3.63) is 38.9 Å². The number of hydrogen-bond acceptors (Lipinski definition) is 2. The molecule has 3 nitrogen and oxygen atoms in total. The highest BCUT2D eigenvalue weighted by atomic mass is 19.1. The van der Waals surface area contributed by atoms with Gasteiger partial charge in [-0.25, -0.2) is 4.39 Å². The zero-order valence-corrected chi connectivity index (χ0v) is 8.51. The molecule has 0 radical (unpaired) electrons. The van der Waals surface area contributed by atoms with E-state index < -0.39 is 22.2 Å². The summed E-state index contributed by atoms with van der Waals surface area (Å²) in [5.41, 5.74) is -0.675. The molecule has 0 atom stereocenters. The highest BCUT2D eigenvalue weighted by molar-refractivity contribution is 5.42. The SMILES string of the molecule is CCc1cc([N+](=O)[O-])c(F)c(CC)c1F. The summed E-state index contributed by atoms with van der Waals surface area (Å²) >= 11 is 0. The van der Waals surface area contributed by atoms with Gasteiger partial charge in [0.15, 0.2) is 0 Å². The van der Waals surface area contributed by atoms with E-state index in [0.29, 0.717) is 6.42 Å². The molecule has 1 rings (SSSR count). The molecule has 15 heavy (non-hydrogen) atoms. The average molecular weight is 215 g/mol. The van der Waals surface area contributed by atoms with Crippen molar-refractivity contribution < 1.29 is 13.7 Å². The molecule has 0 saturated carbocycles. The Bertz CT molecular complexity index is 405. The summed E-state index contributed by atoms with van der Waals surface area (Å²) in [5.74, 6) is -1.72. The van der Waals surface area contributed by atoms with Crippen LogP contribution in [0.4, 0.5) is 14.5 Å². The van der Waals surface area contributed by atoms with Crippen LogP contribution in [0, 0.1) is 21.7 Å². The van der Waals surface area contributed by atoms with Gasteiger partial charge in [0.1, 0.15) is 5.82 Å². The van der Waals surface area contributed by atoms with E-state index >= 15 is 0 Å². The van der Waals surface area contributed by atoms with Crippen LogP contribution in [0.2, 0.25) is 0 Å². The first-order valence-electron chi connectivity index (χ1n) is 4.67. The summed E-state index contributed by atoms with van der Waals surface area (Å²) in [6.07, 6.45) is 0.409. The molecule has 1 aromatic carbocycles. The van der Waals surface area contributed by atoms with Gasteiger partial charge in [0, 0.05) is 11.6 Å². The van der Waals surface area contributed by atoms with Crippen LogP contribution < -0.4 is 0 Å². The van der Waals surface area contributed by atoms with Crippen molar-refractivity contribution in [3.8, 4) is 0 Å². The predicted molar refractivity (Wildman–Crippen MR) is 51.8 cm³/mol. The van der Waals surface area contributed by atoms with Crippen LogP contribution in [0.5, 0.6) is 0 Å². The molecule has 0 heterocycles. The minimum absolute atomic E-state index is 0.104. The van der Waals surface area contributed by atoms with Crippen molar-refractivity contribution in [2.75, 3.05) is 0 Å². The Kier molecular flexibility index (Phi) is 3.34. The summed E-state index contributed by atoms with van der Waals surface area (Å²) < 4.78 is 26.9. The van der Waals surface area contributed by atoms with Crippen LogP contribution in [0.15, 0.2) is 6.07 Å². The van der Waals surface area contributed by atoms with Crippen molar-refractivity contribution >= 4 is 5.69 Å². The topological polar surface area (TPSA) is 43.1 Å². The molecule has 0 spiro atoms. The van der Waals surface area contributed by atoms with Crippen LogP contribution in [0.25, 0.3) is 0 Å². The largest absolute Gasteiger partial charge is 0.305 e. The number of benzene rings is 1. The van der Waals surface area contributed by atoms with Gasteiger partial charge < -0.3 is 0 Å². The minimum atomic E-state index is -1.06. The number of aryl methyl sites for hydroxylation is 1. The van der Waals surface area contributed by atoms with Gasteiger partial charge in [-0.3, -0.25) is 10.1 Å². The molecule has 0 aliphatic rings. The van der Waals surface area contributed by atoms with E-state index in [1.165, 1.54) is 0 Å². The monoisotopic (exact) mass is 215 g/mol. The molecule has 1 aromatic rings. The molecular formula is C10H11F2NO2. The Morgan fingerprint density at radius 2 is 1.87 bits per heavy atom. The Morgan fingerprint density at radius 1 is 1.27 bits per heavy atom. The average Bonchev–Trinajstić information content (AvgIpc) is 2.18. The lowest BCUT2D eigenvalue weighted by Gasteiger charge is -2.06. The molecule has 0 amide bonds. The third kappa shape index (κ3) is 1.95. The molecule has 0 aliphatic heterocycles. The molecule has 0 saturated heterocycles. The molecule has 0 aliphatic carbocycles. The summed E-state index contributed by atoms with van der Waals surface area (Å²) in [4.78, 5) is 9.69. The fourth-order valence-corrected chi connectivity index (χ4v) is 1.44. The number of rotatable bonds is 3. The van der Waals surface area contributed by atoms with Gasteiger partial charge in [0.05, 0.1) is 4.92 Å². The highest BCUT2D eigenvalue weighted by Gasteiger charge is 2.23. The third-order valence-corrected chi connectivity index (χ3v) is 2.28. The summed E-state index contributed by atoms with van der Waals surface area (Å²) in [6.45, 7) is 3.23. The Balaban J connectivity index is 3.51. The zero-order chi connectivity index (χ0) is 11.6. The molecular weight excluding hydrogens is 204 g/mol. The van der Waals surface area contributed by atoms with Gasteiger partial charge in [0.25, 0.3) is 0 Å². The van der Waals surface area contributed by atoms with Gasteiger partial charge in [-0.05, 0) is 18.4 Å². The van der Waals surface area contributed by atoms with E-state index in [4.69, 9.17) is 0 Å². The molecule has 5 heteroatoms. The lowest BCUT2D eigenvalue weighted by molar-refractivity contribution is -0.387. The second kappa shape index (κ2) is 4.33. The van der Waals surface area contributed by atoms with E-state index in [1.54, 1.807) is 13.8 Å². The quantitative estimate of drug-likeness (QED) is 0.574. The normalized spacial score (nSPS) is 10.4. The summed E-state index contributed by atoms with van der Waals surface area (Å²) in [7, 11) is 0. The van der Waals surface area contributed by atoms with Gasteiger partial charge >= 0.3 is 5.69 Å². The van der Waals surface area contributed by atoms with Gasteiger partial charge in [-0.1, -0.05) is 13.8 Å². The number of nitro benzene ring substituents is 1. The first-order valence-corrected chi connectivity index (χ1v) is 4.67. The highest BCUT2D eigenvalue weighted by Crippen LogP contribution is 2.27. The van der Waals surface area contributed by atoms with Crippen LogP contribution in [-0.4, -0.2) is 4.92 Å². The maximum Gasteiger partial charge on any atom is 0.305 e. The van der Waals surface area contributed by atoms with E-state index in [2.05, 4.69) is 0 Å². The predicted octanol–water partition coefficient (Wildman–Crippen LogP) is 3.00. The molecule has 82 valence electrons. The van der Waals surface area contributed by atoms with E-state index in [1.807, 2.05) is 0 Å². The summed E-state index contributed by atoms with van der Waals surface area (Å²) in [5, 5.41) is 10.5. The lowest BCUT2D eigenvalue weighted by atomic mass is 10.0. The molecule has 0 bridgehead atoms. The lowest BCUT2D eigenvalue weighted by Crippen LogP contribution is -2.04. The Hall–Kier alpha value is -1.52. The Labute approximate surface area is 85.9 Å². The minimum Gasteiger partial charge on any atom is -0.258 e. The maximum atomic E-state index is 13.5. The fraction of sp³-hybridized carbons (Fsp3) is 0.400. The molecule has 0 fully saturated rings. The molecule has 0 unspecified atom stereocenters. The second-order valence-electron chi connectivity index (χ2n) is 3.13. The van der Waals surface area contributed by atoms with Crippen LogP contribution >= 0.6 is 0 Å². The van der Waals surface area contributed by atoms with Crippen molar-refractivity contribution in [3.63, 3.8) is 0 Å². The van der Waals surface area contributed by atoms with Crippen LogP contribution in [-0.2, 0) is 12.8 Å². The van der Waals surface area contributed by atoms with Crippen molar-refractivity contribution in [1.29, 1.82) is 0 Å². The van der Waals surface area contributed by atoms with Crippen LogP contribution in [0.3, 0.4) is 0 Å². The standard InChI is InChI=1S/C10H11F2NO2/c1-3-6-5-8(13(14)15)10(12)7(4-2)9(6)11/h5H,3-4H2,1-2H3. The first kappa shape index (κ1) is 11.6.